The number of hydrogen-bond donors (Lipinski definition) is 3. The molecule has 0 aromatic carbocycles. The normalized spacial score (nSPS) is 13.3. The van der Waals surface area contributed by atoms with Crippen molar-refractivity contribution < 1.29 is 10.0 Å². The Morgan fingerprint density at radius 1 is 1.67 bits per heavy atom. The maximum atomic E-state index is 11.9. The highest BCUT2D eigenvalue weighted by molar-refractivity contribution is 9.11. The van der Waals surface area contributed by atoms with Crippen LogP contribution in [-0.2, 0) is 11.3 Å². The average molecular weight is 334 g/mol. The van der Waals surface area contributed by atoms with Crippen molar-refractivity contribution in [3.63, 3.8) is 0 Å². The number of thiophene rings is 1. The predicted octanol–water partition coefficient (Wildman–Crippen LogP) is 2.29. The fourth-order valence-corrected chi connectivity index (χ4v) is 2.94. The van der Waals surface area contributed by atoms with E-state index in [1.54, 1.807) is 11.3 Å². The number of nitrogens with one attached hydrogen (secondary N) is 1. The predicted molar refractivity (Wildman–Crippen MR) is 75.7 cm³/mol. The van der Waals surface area contributed by atoms with E-state index in [2.05, 4.69) is 26.4 Å². The summed E-state index contributed by atoms with van der Waals surface area (Å²) in [5.74, 6) is -0.818. The first-order valence-corrected chi connectivity index (χ1v) is 7.18. The number of carbonyl (C=O) groups is 1. The molecule has 1 rings (SSSR count). The molecule has 18 heavy (non-hydrogen) atoms. The maximum Gasteiger partial charge on any atom is 0.231 e. The molecule has 5 nitrogen and oxygen atoms in total. The molecule has 1 unspecified atom stereocenters. The molecular formula is C11H16BrN3O2S. The topological polar surface area (TPSA) is 87.7 Å². The van der Waals surface area contributed by atoms with Gasteiger partial charge in [-0.1, -0.05) is 18.5 Å². The zero-order valence-corrected chi connectivity index (χ0v) is 12.4. The van der Waals surface area contributed by atoms with Crippen molar-refractivity contribution in [1.29, 1.82) is 0 Å². The van der Waals surface area contributed by atoms with Gasteiger partial charge in [0.2, 0.25) is 5.91 Å². The molecule has 0 aliphatic heterocycles. The van der Waals surface area contributed by atoms with E-state index in [0.29, 0.717) is 13.0 Å². The van der Waals surface area contributed by atoms with E-state index in [-0.39, 0.29) is 11.7 Å². The molecule has 7 heteroatoms. The van der Waals surface area contributed by atoms with Crippen molar-refractivity contribution in [3.8, 4) is 0 Å². The SMILES string of the molecule is CCCC(C(=O)NCc1ccc(Br)s1)C(N)=NO. The standard InChI is InChI=1S/C11H16BrN3O2S/c1-2-3-8(10(13)15-17)11(16)14-6-7-4-5-9(12)18-7/h4-5,8,17H,2-3,6H2,1H3,(H2,13,15)(H,14,16). The Bertz CT molecular complexity index is 434. The van der Waals surface area contributed by atoms with Gasteiger partial charge < -0.3 is 16.3 Å². The second-order valence-corrected chi connectivity index (χ2v) is 6.34. The highest BCUT2D eigenvalue weighted by Crippen LogP contribution is 2.21. The van der Waals surface area contributed by atoms with Crippen LogP contribution in [0.4, 0.5) is 0 Å². The number of amidine groups is 1. The molecule has 1 heterocycles. The number of nitrogens with zero attached hydrogens (tertiary/aromatic N) is 1. The molecule has 0 radical (unpaired) electrons. The Morgan fingerprint density at radius 2 is 2.39 bits per heavy atom. The molecule has 1 aromatic rings. The Kier molecular flexibility index (Phi) is 6.14. The molecule has 1 amide bonds. The molecule has 0 saturated carbocycles. The van der Waals surface area contributed by atoms with Crippen molar-refractivity contribution in [3.05, 3.63) is 20.8 Å². The summed E-state index contributed by atoms with van der Waals surface area (Å²) in [5, 5.41) is 14.4. The van der Waals surface area contributed by atoms with E-state index in [1.165, 1.54) is 0 Å². The Hall–Kier alpha value is -1.08. The number of amides is 1. The monoisotopic (exact) mass is 333 g/mol. The smallest absolute Gasteiger partial charge is 0.231 e. The van der Waals surface area contributed by atoms with Gasteiger partial charge in [-0.05, 0) is 34.5 Å². The minimum atomic E-state index is -0.566. The molecule has 0 bridgehead atoms. The van der Waals surface area contributed by atoms with E-state index >= 15 is 0 Å². The van der Waals surface area contributed by atoms with Crippen molar-refractivity contribution in [2.75, 3.05) is 0 Å². The number of hydrogen-bond acceptors (Lipinski definition) is 4. The minimum Gasteiger partial charge on any atom is -0.409 e. The van der Waals surface area contributed by atoms with Gasteiger partial charge in [0.1, 0.15) is 0 Å². The Balaban J connectivity index is 2.56. The number of nitrogens with two attached hydrogens (primary N) is 1. The minimum absolute atomic E-state index is 0.0401. The van der Waals surface area contributed by atoms with Crippen LogP contribution < -0.4 is 11.1 Å². The summed E-state index contributed by atoms with van der Waals surface area (Å²) < 4.78 is 1.02. The molecule has 1 atom stereocenters. The first kappa shape index (κ1) is 15.0. The van der Waals surface area contributed by atoms with Gasteiger partial charge in [0, 0.05) is 4.88 Å². The van der Waals surface area contributed by atoms with Gasteiger partial charge in [-0.25, -0.2) is 0 Å². The molecule has 0 saturated heterocycles. The fourth-order valence-electron chi connectivity index (χ4n) is 1.52. The van der Waals surface area contributed by atoms with Crippen LogP contribution in [0.5, 0.6) is 0 Å². The number of oxime groups is 1. The first-order chi connectivity index (χ1) is 8.58. The molecule has 4 N–H and O–H groups in total. The van der Waals surface area contributed by atoms with Gasteiger partial charge in [-0.15, -0.1) is 11.3 Å². The van der Waals surface area contributed by atoms with Crippen LogP contribution in [0.25, 0.3) is 0 Å². The van der Waals surface area contributed by atoms with E-state index in [0.717, 1.165) is 15.1 Å². The summed E-state index contributed by atoms with van der Waals surface area (Å²) in [5.41, 5.74) is 5.51. The fraction of sp³-hybridized carbons (Fsp3) is 0.455. The highest BCUT2D eigenvalue weighted by Gasteiger charge is 2.21. The maximum absolute atomic E-state index is 11.9. The van der Waals surface area contributed by atoms with Crippen LogP contribution in [0.15, 0.2) is 21.1 Å². The molecular weight excluding hydrogens is 318 g/mol. The Labute approximate surface area is 118 Å². The summed E-state index contributed by atoms with van der Waals surface area (Å²) in [6, 6.07) is 3.87. The number of carbonyl (C=O) groups excluding carboxylic acids is 1. The van der Waals surface area contributed by atoms with Crippen LogP contribution in [0, 0.1) is 5.92 Å². The first-order valence-electron chi connectivity index (χ1n) is 5.57. The van der Waals surface area contributed by atoms with Crippen LogP contribution >= 0.6 is 27.3 Å². The number of rotatable bonds is 6. The lowest BCUT2D eigenvalue weighted by Gasteiger charge is -2.14. The molecule has 0 aliphatic rings. The zero-order valence-electron chi connectivity index (χ0n) is 10.0. The van der Waals surface area contributed by atoms with Crippen molar-refractivity contribution in [2.45, 2.75) is 26.3 Å². The average Bonchev–Trinajstić information content (AvgIpc) is 2.78. The van der Waals surface area contributed by atoms with Gasteiger partial charge in [-0.3, -0.25) is 4.79 Å². The van der Waals surface area contributed by atoms with Gasteiger partial charge in [-0.2, -0.15) is 0 Å². The van der Waals surface area contributed by atoms with Gasteiger partial charge in [0.25, 0.3) is 0 Å². The largest absolute Gasteiger partial charge is 0.409 e. The third kappa shape index (κ3) is 4.30. The van der Waals surface area contributed by atoms with Crippen molar-refractivity contribution in [2.24, 2.45) is 16.8 Å². The van der Waals surface area contributed by atoms with E-state index in [4.69, 9.17) is 10.9 Å². The van der Waals surface area contributed by atoms with Crippen LogP contribution in [-0.4, -0.2) is 17.0 Å². The number of halogens is 1. The van der Waals surface area contributed by atoms with Crippen LogP contribution in [0.1, 0.15) is 24.6 Å². The lowest BCUT2D eigenvalue weighted by Crippen LogP contribution is -2.38. The van der Waals surface area contributed by atoms with Crippen LogP contribution in [0.3, 0.4) is 0 Å². The van der Waals surface area contributed by atoms with Gasteiger partial charge in [0.15, 0.2) is 5.84 Å². The quantitative estimate of drug-likeness (QED) is 0.323. The second kappa shape index (κ2) is 7.38. The van der Waals surface area contributed by atoms with E-state index in [9.17, 15) is 4.79 Å². The lowest BCUT2D eigenvalue weighted by molar-refractivity contribution is -0.123. The third-order valence-electron chi connectivity index (χ3n) is 2.43. The summed E-state index contributed by atoms with van der Waals surface area (Å²) >= 11 is 4.92. The summed E-state index contributed by atoms with van der Waals surface area (Å²) in [7, 11) is 0. The van der Waals surface area contributed by atoms with E-state index < -0.39 is 5.92 Å². The van der Waals surface area contributed by atoms with E-state index in [1.807, 2.05) is 19.1 Å². The highest BCUT2D eigenvalue weighted by atomic mass is 79.9. The summed E-state index contributed by atoms with van der Waals surface area (Å²) in [6.45, 7) is 2.40. The van der Waals surface area contributed by atoms with Gasteiger partial charge >= 0.3 is 0 Å². The summed E-state index contributed by atoms with van der Waals surface area (Å²) in [6.07, 6.45) is 1.36. The van der Waals surface area contributed by atoms with Gasteiger partial charge in [0.05, 0.1) is 16.2 Å². The summed E-state index contributed by atoms with van der Waals surface area (Å²) in [4.78, 5) is 13.0. The van der Waals surface area contributed by atoms with Crippen LogP contribution in [0.2, 0.25) is 0 Å². The zero-order chi connectivity index (χ0) is 13.5. The Morgan fingerprint density at radius 3 is 2.89 bits per heavy atom. The molecule has 100 valence electrons. The lowest BCUT2D eigenvalue weighted by atomic mass is 10.0. The third-order valence-corrected chi connectivity index (χ3v) is 4.06. The van der Waals surface area contributed by atoms with Crippen molar-refractivity contribution in [1.82, 2.24) is 5.32 Å². The molecule has 0 fully saturated rings. The second-order valence-electron chi connectivity index (χ2n) is 3.79. The molecule has 0 aliphatic carbocycles. The molecule has 1 aromatic heterocycles. The molecule has 0 spiro atoms. The van der Waals surface area contributed by atoms with Crippen molar-refractivity contribution >= 4 is 39.0 Å².